The number of carbonyl (C=O) groups is 2. The monoisotopic (exact) mass is 428 g/mol. The van der Waals surface area contributed by atoms with Crippen LogP contribution in [0.3, 0.4) is 0 Å². The minimum Gasteiger partial charge on any atom is -0.484 e. The molecule has 1 aliphatic rings. The van der Waals surface area contributed by atoms with Crippen molar-refractivity contribution >= 4 is 23.4 Å². The number of carbonyl (C=O) groups excluding carboxylic acids is 2. The fourth-order valence-electron chi connectivity index (χ4n) is 3.54. The van der Waals surface area contributed by atoms with Crippen LogP contribution in [0.4, 0.5) is 0 Å². The molecule has 0 radical (unpaired) electrons. The molecule has 30 heavy (non-hydrogen) atoms. The lowest BCUT2D eigenvalue weighted by molar-refractivity contribution is -0.140. The van der Waals surface area contributed by atoms with Crippen molar-refractivity contribution in [1.29, 1.82) is 0 Å². The Bertz CT molecular complexity index is 829. The Morgan fingerprint density at radius 1 is 0.833 bits per heavy atom. The Hall–Kier alpha value is -2.53. The molecular weight excluding hydrogens is 400 g/mol. The van der Waals surface area contributed by atoms with Gasteiger partial charge >= 0.3 is 0 Å². The maximum atomic E-state index is 12.5. The van der Waals surface area contributed by atoms with Crippen LogP contribution in [0.5, 0.6) is 5.75 Å². The fraction of sp³-hybridized carbons (Fsp3) is 0.417. The van der Waals surface area contributed by atoms with Gasteiger partial charge in [-0.05, 0) is 48.2 Å². The van der Waals surface area contributed by atoms with E-state index in [0.29, 0.717) is 49.8 Å². The number of ether oxygens (including phenoxy) is 1. The second kappa shape index (κ2) is 11.0. The minimum atomic E-state index is -0.0408. The van der Waals surface area contributed by atoms with E-state index in [4.69, 9.17) is 16.3 Å². The highest BCUT2D eigenvalue weighted by molar-refractivity contribution is 6.30. The molecule has 0 aliphatic carbocycles. The number of hydrogen-bond acceptors (Lipinski definition) is 3. The van der Waals surface area contributed by atoms with Gasteiger partial charge in [0, 0.05) is 37.6 Å². The second-order valence-electron chi connectivity index (χ2n) is 7.57. The Kier molecular flexibility index (Phi) is 8.14. The molecule has 0 aromatic heterocycles. The summed E-state index contributed by atoms with van der Waals surface area (Å²) in [7, 11) is 0. The molecule has 3 rings (SSSR count). The molecule has 1 aliphatic heterocycles. The molecule has 5 nitrogen and oxygen atoms in total. The van der Waals surface area contributed by atoms with Crippen LogP contribution >= 0.6 is 11.6 Å². The molecule has 2 aromatic carbocycles. The molecule has 0 bridgehead atoms. The van der Waals surface area contributed by atoms with Crippen molar-refractivity contribution in [3.05, 3.63) is 64.7 Å². The first-order chi connectivity index (χ1) is 14.5. The number of hydrogen-bond donors (Lipinski definition) is 0. The molecule has 1 fully saturated rings. The van der Waals surface area contributed by atoms with E-state index in [1.165, 1.54) is 5.56 Å². The highest BCUT2D eigenvalue weighted by Crippen LogP contribution is 2.15. The number of aryl methyl sites for hydroxylation is 2. The zero-order valence-electron chi connectivity index (χ0n) is 17.5. The van der Waals surface area contributed by atoms with E-state index >= 15 is 0 Å². The maximum absolute atomic E-state index is 12.5. The van der Waals surface area contributed by atoms with Crippen molar-refractivity contribution in [3.8, 4) is 5.75 Å². The Morgan fingerprint density at radius 3 is 1.97 bits per heavy atom. The van der Waals surface area contributed by atoms with Gasteiger partial charge < -0.3 is 14.5 Å². The molecule has 0 spiro atoms. The molecule has 0 unspecified atom stereocenters. The second-order valence-corrected chi connectivity index (χ2v) is 8.01. The van der Waals surface area contributed by atoms with Crippen molar-refractivity contribution in [3.63, 3.8) is 0 Å². The van der Waals surface area contributed by atoms with Gasteiger partial charge in [-0.3, -0.25) is 9.59 Å². The third-order valence-electron chi connectivity index (χ3n) is 5.35. The standard InChI is InChI=1S/C24H29ClN2O3/c1-2-3-19-6-11-22(12-7-19)30-18-24(29)27-16-14-26(15-17-27)23(28)13-8-20-4-9-21(25)10-5-20/h4-7,9-12H,2-3,8,13-18H2,1H3. The first kappa shape index (κ1) is 22.2. The average Bonchev–Trinajstić information content (AvgIpc) is 2.78. The van der Waals surface area contributed by atoms with Crippen LogP contribution in [-0.2, 0) is 22.4 Å². The normalized spacial score (nSPS) is 13.9. The quantitative estimate of drug-likeness (QED) is 0.639. The number of nitrogens with zero attached hydrogens (tertiary/aromatic N) is 2. The topological polar surface area (TPSA) is 49.9 Å². The van der Waals surface area contributed by atoms with E-state index in [-0.39, 0.29) is 18.4 Å². The van der Waals surface area contributed by atoms with Crippen molar-refractivity contribution < 1.29 is 14.3 Å². The largest absolute Gasteiger partial charge is 0.484 e. The minimum absolute atomic E-state index is 0.0254. The predicted molar refractivity (Wildman–Crippen MR) is 119 cm³/mol. The highest BCUT2D eigenvalue weighted by atomic mass is 35.5. The molecular formula is C24H29ClN2O3. The van der Waals surface area contributed by atoms with Crippen LogP contribution in [0.25, 0.3) is 0 Å². The van der Waals surface area contributed by atoms with Gasteiger partial charge in [0.1, 0.15) is 5.75 Å². The molecule has 1 heterocycles. The lowest BCUT2D eigenvalue weighted by Crippen LogP contribution is -2.51. The van der Waals surface area contributed by atoms with E-state index in [2.05, 4.69) is 6.92 Å². The van der Waals surface area contributed by atoms with Crippen LogP contribution in [0.15, 0.2) is 48.5 Å². The van der Waals surface area contributed by atoms with Gasteiger partial charge in [0.15, 0.2) is 6.61 Å². The lowest BCUT2D eigenvalue weighted by Gasteiger charge is -2.34. The SMILES string of the molecule is CCCc1ccc(OCC(=O)N2CCN(C(=O)CCc3ccc(Cl)cc3)CC2)cc1. The highest BCUT2D eigenvalue weighted by Gasteiger charge is 2.24. The van der Waals surface area contributed by atoms with Crippen LogP contribution in [0.2, 0.25) is 5.02 Å². The number of piperazine rings is 1. The summed E-state index contributed by atoms with van der Waals surface area (Å²) in [6, 6.07) is 15.5. The molecule has 6 heteroatoms. The van der Waals surface area contributed by atoms with Gasteiger partial charge in [0.05, 0.1) is 0 Å². The first-order valence-electron chi connectivity index (χ1n) is 10.6. The summed E-state index contributed by atoms with van der Waals surface area (Å²) < 4.78 is 5.64. The van der Waals surface area contributed by atoms with E-state index in [9.17, 15) is 9.59 Å². The molecule has 1 saturated heterocycles. The third-order valence-corrected chi connectivity index (χ3v) is 5.60. The molecule has 2 amide bonds. The fourth-order valence-corrected chi connectivity index (χ4v) is 3.67. The van der Waals surface area contributed by atoms with Crippen LogP contribution in [0.1, 0.15) is 30.9 Å². The molecule has 0 saturated carbocycles. The Labute approximate surface area is 183 Å². The zero-order chi connectivity index (χ0) is 21.3. The summed E-state index contributed by atoms with van der Waals surface area (Å²) in [4.78, 5) is 28.5. The molecule has 0 atom stereocenters. The van der Waals surface area contributed by atoms with Crippen molar-refractivity contribution in [2.75, 3.05) is 32.8 Å². The van der Waals surface area contributed by atoms with E-state index in [1.807, 2.05) is 53.4 Å². The van der Waals surface area contributed by atoms with Gasteiger partial charge in [-0.1, -0.05) is 49.2 Å². The lowest BCUT2D eigenvalue weighted by atomic mass is 10.1. The molecule has 0 N–H and O–H groups in total. The van der Waals surface area contributed by atoms with E-state index in [1.54, 1.807) is 4.90 Å². The van der Waals surface area contributed by atoms with Crippen molar-refractivity contribution in [2.24, 2.45) is 0 Å². The molecule has 160 valence electrons. The van der Waals surface area contributed by atoms with Crippen molar-refractivity contribution in [2.45, 2.75) is 32.6 Å². The summed E-state index contributed by atoms with van der Waals surface area (Å²) in [5.74, 6) is 0.792. The van der Waals surface area contributed by atoms with Gasteiger partial charge in [0.2, 0.25) is 5.91 Å². The third kappa shape index (κ3) is 6.49. The van der Waals surface area contributed by atoms with Gasteiger partial charge in [-0.2, -0.15) is 0 Å². The summed E-state index contributed by atoms with van der Waals surface area (Å²) in [5.41, 5.74) is 2.37. The Morgan fingerprint density at radius 2 is 1.37 bits per heavy atom. The zero-order valence-corrected chi connectivity index (χ0v) is 18.2. The smallest absolute Gasteiger partial charge is 0.260 e. The number of amides is 2. The summed E-state index contributed by atoms with van der Waals surface area (Å²) in [6.07, 6.45) is 3.31. The summed E-state index contributed by atoms with van der Waals surface area (Å²) in [5, 5.41) is 0.698. The Balaban J connectivity index is 1.38. The summed E-state index contributed by atoms with van der Waals surface area (Å²) >= 11 is 5.89. The van der Waals surface area contributed by atoms with Crippen LogP contribution < -0.4 is 4.74 Å². The van der Waals surface area contributed by atoms with E-state index < -0.39 is 0 Å². The number of rotatable bonds is 8. The van der Waals surface area contributed by atoms with Crippen molar-refractivity contribution in [1.82, 2.24) is 9.80 Å². The predicted octanol–water partition coefficient (Wildman–Crippen LogP) is 3.97. The first-order valence-corrected chi connectivity index (χ1v) is 10.9. The van der Waals surface area contributed by atoms with Gasteiger partial charge in [0.25, 0.3) is 5.91 Å². The van der Waals surface area contributed by atoms with Crippen LogP contribution in [-0.4, -0.2) is 54.4 Å². The average molecular weight is 429 g/mol. The van der Waals surface area contributed by atoms with Crippen LogP contribution in [0, 0.1) is 0 Å². The van der Waals surface area contributed by atoms with Gasteiger partial charge in [-0.25, -0.2) is 0 Å². The number of benzene rings is 2. The van der Waals surface area contributed by atoms with E-state index in [0.717, 1.165) is 18.4 Å². The summed E-state index contributed by atoms with van der Waals surface area (Å²) in [6.45, 7) is 4.40. The van der Waals surface area contributed by atoms with Gasteiger partial charge in [-0.15, -0.1) is 0 Å². The molecule has 2 aromatic rings. The maximum Gasteiger partial charge on any atom is 0.260 e. The number of halogens is 1.